The molecule has 2 rings (SSSR count). The summed E-state index contributed by atoms with van der Waals surface area (Å²) < 4.78 is 0.710. The van der Waals surface area contributed by atoms with E-state index in [9.17, 15) is 9.59 Å². The van der Waals surface area contributed by atoms with Gasteiger partial charge in [-0.3, -0.25) is 14.6 Å². The number of pyridine rings is 1. The lowest BCUT2D eigenvalue weighted by atomic mass is 10.1. The molecule has 0 atom stereocenters. The highest BCUT2D eigenvalue weighted by molar-refractivity contribution is 9.10. The van der Waals surface area contributed by atoms with Crippen LogP contribution in [0.2, 0.25) is 0 Å². The van der Waals surface area contributed by atoms with Gasteiger partial charge in [-0.25, -0.2) is 0 Å². The molecule has 0 radical (unpaired) electrons. The van der Waals surface area contributed by atoms with Crippen LogP contribution in [0.1, 0.15) is 22.8 Å². The summed E-state index contributed by atoms with van der Waals surface area (Å²) >= 11 is 3.25. The maximum atomic E-state index is 11.9. The Morgan fingerprint density at radius 1 is 1.23 bits per heavy atom. The molecule has 114 valence electrons. The van der Waals surface area contributed by atoms with Crippen molar-refractivity contribution in [1.82, 2.24) is 10.3 Å². The van der Waals surface area contributed by atoms with E-state index in [2.05, 4.69) is 31.5 Å². The maximum absolute atomic E-state index is 11.9. The third kappa shape index (κ3) is 4.39. The molecule has 0 aliphatic rings. The number of nitrogens with one attached hydrogen (secondary N) is 2. The smallest absolute Gasteiger partial charge is 0.253 e. The first-order valence-electron chi connectivity index (χ1n) is 6.86. The van der Waals surface area contributed by atoms with Gasteiger partial charge in [0.15, 0.2) is 0 Å². The Morgan fingerprint density at radius 2 is 2.00 bits per heavy atom. The van der Waals surface area contributed by atoms with E-state index in [0.717, 1.165) is 17.7 Å². The Hall–Kier alpha value is -2.21. The number of halogens is 1. The van der Waals surface area contributed by atoms with Crippen molar-refractivity contribution in [1.29, 1.82) is 0 Å². The molecule has 1 aromatic heterocycles. The SMILES string of the molecule is CCc1ccccc1NC(=O)CNC(=O)c1cncc(Br)c1. The fourth-order valence-electron chi connectivity index (χ4n) is 1.94. The van der Waals surface area contributed by atoms with Crippen LogP contribution >= 0.6 is 15.9 Å². The van der Waals surface area contributed by atoms with Crippen molar-refractivity contribution >= 4 is 33.4 Å². The van der Waals surface area contributed by atoms with Crippen molar-refractivity contribution in [3.63, 3.8) is 0 Å². The van der Waals surface area contributed by atoms with Crippen molar-refractivity contribution in [3.8, 4) is 0 Å². The largest absolute Gasteiger partial charge is 0.343 e. The summed E-state index contributed by atoms with van der Waals surface area (Å²) in [4.78, 5) is 27.8. The average molecular weight is 362 g/mol. The van der Waals surface area contributed by atoms with Crippen LogP contribution in [0.25, 0.3) is 0 Å². The third-order valence-electron chi connectivity index (χ3n) is 3.05. The molecule has 1 aromatic carbocycles. The van der Waals surface area contributed by atoms with E-state index < -0.39 is 0 Å². The van der Waals surface area contributed by atoms with E-state index >= 15 is 0 Å². The van der Waals surface area contributed by atoms with Crippen LogP contribution in [0, 0.1) is 0 Å². The van der Waals surface area contributed by atoms with E-state index in [1.54, 1.807) is 12.3 Å². The number of nitrogens with zero attached hydrogens (tertiary/aromatic N) is 1. The number of amides is 2. The Kier molecular flexibility index (Phi) is 5.66. The molecule has 0 spiro atoms. The number of para-hydroxylation sites is 1. The fraction of sp³-hybridized carbons (Fsp3) is 0.188. The number of hydrogen-bond donors (Lipinski definition) is 2. The molecule has 0 aliphatic heterocycles. The van der Waals surface area contributed by atoms with Gasteiger partial charge in [-0.05, 0) is 40.0 Å². The van der Waals surface area contributed by atoms with Crippen molar-refractivity contribution in [2.45, 2.75) is 13.3 Å². The number of hydrogen-bond acceptors (Lipinski definition) is 3. The molecular weight excluding hydrogens is 346 g/mol. The van der Waals surface area contributed by atoms with Crippen LogP contribution < -0.4 is 10.6 Å². The Bertz CT molecular complexity index is 689. The fourth-order valence-corrected chi connectivity index (χ4v) is 2.31. The minimum absolute atomic E-state index is 0.0939. The number of rotatable bonds is 5. The number of benzene rings is 1. The lowest BCUT2D eigenvalue weighted by molar-refractivity contribution is -0.115. The highest BCUT2D eigenvalue weighted by Gasteiger charge is 2.10. The van der Waals surface area contributed by atoms with Gasteiger partial charge in [0.25, 0.3) is 5.91 Å². The van der Waals surface area contributed by atoms with Gasteiger partial charge in [0.2, 0.25) is 5.91 Å². The maximum Gasteiger partial charge on any atom is 0.253 e. The van der Waals surface area contributed by atoms with Crippen molar-refractivity contribution in [2.75, 3.05) is 11.9 Å². The minimum Gasteiger partial charge on any atom is -0.343 e. The summed E-state index contributed by atoms with van der Waals surface area (Å²) in [6.07, 6.45) is 3.86. The summed E-state index contributed by atoms with van der Waals surface area (Å²) in [5, 5.41) is 5.37. The van der Waals surface area contributed by atoms with Crippen LogP contribution in [0.3, 0.4) is 0 Å². The monoisotopic (exact) mass is 361 g/mol. The van der Waals surface area contributed by atoms with E-state index in [-0.39, 0.29) is 18.4 Å². The molecule has 2 aromatic rings. The molecule has 6 heteroatoms. The molecule has 2 amide bonds. The molecule has 0 fully saturated rings. The lowest BCUT2D eigenvalue weighted by Gasteiger charge is -2.10. The first-order valence-corrected chi connectivity index (χ1v) is 7.66. The number of carbonyl (C=O) groups excluding carboxylic acids is 2. The minimum atomic E-state index is -0.340. The Labute approximate surface area is 137 Å². The zero-order valence-electron chi connectivity index (χ0n) is 12.1. The summed E-state index contributed by atoms with van der Waals surface area (Å²) in [7, 11) is 0. The number of carbonyl (C=O) groups is 2. The zero-order chi connectivity index (χ0) is 15.9. The quantitative estimate of drug-likeness (QED) is 0.859. The van der Waals surface area contributed by atoms with Gasteiger partial charge in [-0.2, -0.15) is 0 Å². The standard InChI is InChI=1S/C16H16BrN3O2/c1-2-11-5-3-4-6-14(11)20-15(21)10-19-16(22)12-7-13(17)9-18-8-12/h3-9H,2,10H2,1H3,(H,19,22)(H,20,21). The van der Waals surface area contributed by atoms with E-state index in [1.807, 2.05) is 31.2 Å². The second kappa shape index (κ2) is 7.70. The van der Waals surface area contributed by atoms with Gasteiger partial charge in [0.1, 0.15) is 0 Å². The topological polar surface area (TPSA) is 71.1 Å². The van der Waals surface area contributed by atoms with Gasteiger partial charge < -0.3 is 10.6 Å². The lowest BCUT2D eigenvalue weighted by Crippen LogP contribution is -2.33. The van der Waals surface area contributed by atoms with Crippen molar-refractivity contribution < 1.29 is 9.59 Å². The summed E-state index contributed by atoms with van der Waals surface area (Å²) in [5.74, 6) is -0.607. The molecule has 0 bridgehead atoms. The molecule has 0 saturated heterocycles. The first kappa shape index (κ1) is 16.2. The molecular formula is C16H16BrN3O2. The number of aromatic nitrogens is 1. The van der Waals surface area contributed by atoms with Crippen LogP contribution in [-0.4, -0.2) is 23.3 Å². The van der Waals surface area contributed by atoms with Gasteiger partial charge in [-0.1, -0.05) is 25.1 Å². The van der Waals surface area contributed by atoms with Crippen LogP contribution in [0.4, 0.5) is 5.69 Å². The number of aryl methyl sites for hydroxylation is 1. The molecule has 0 unspecified atom stereocenters. The van der Waals surface area contributed by atoms with Gasteiger partial charge in [0.05, 0.1) is 12.1 Å². The molecule has 5 nitrogen and oxygen atoms in total. The molecule has 1 heterocycles. The zero-order valence-corrected chi connectivity index (χ0v) is 13.7. The van der Waals surface area contributed by atoms with Crippen LogP contribution in [-0.2, 0) is 11.2 Å². The highest BCUT2D eigenvalue weighted by atomic mass is 79.9. The predicted octanol–water partition coefficient (Wildman–Crippen LogP) is 2.78. The Balaban J connectivity index is 1.91. The second-order valence-corrected chi connectivity index (χ2v) is 5.55. The molecule has 22 heavy (non-hydrogen) atoms. The first-order chi connectivity index (χ1) is 10.6. The van der Waals surface area contributed by atoms with E-state index in [0.29, 0.717) is 10.0 Å². The molecule has 0 aliphatic carbocycles. The predicted molar refractivity (Wildman–Crippen MR) is 88.7 cm³/mol. The summed E-state index contributed by atoms with van der Waals surface area (Å²) in [5.41, 5.74) is 2.22. The normalized spacial score (nSPS) is 10.1. The van der Waals surface area contributed by atoms with E-state index in [4.69, 9.17) is 0 Å². The van der Waals surface area contributed by atoms with Crippen LogP contribution in [0.5, 0.6) is 0 Å². The summed E-state index contributed by atoms with van der Waals surface area (Å²) in [6.45, 7) is 1.93. The van der Waals surface area contributed by atoms with E-state index in [1.165, 1.54) is 6.20 Å². The second-order valence-electron chi connectivity index (χ2n) is 4.63. The summed E-state index contributed by atoms with van der Waals surface area (Å²) in [6, 6.07) is 9.24. The van der Waals surface area contributed by atoms with Crippen molar-refractivity contribution in [2.24, 2.45) is 0 Å². The van der Waals surface area contributed by atoms with Crippen molar-refractivity contribution in [3.05, 3.63) is 58.3 Å². The third-order valence-corrected chi connectivity index (χ3v) is 3.48. The highest BCUT2D eigenvalue weighted by Crippen LogP contribution is 2.15. The molecule has 0 saturated carbocycles. The van der Waals surface area contributed by atoms with Crippen LogP contribution in [0.15, 0.2) is 47.2 Å². The average Bonchev–Trinajstić information content (AvgIpc) is 2.53. The molecule has 2 N–H and O–H groups in total. The number of anilines is 1. The van der Waals surface area contributed by atoms with Gasteiger partial charge in [0, 0.05) is 22.6 Å². The van der Waals surface area contributed by atoms with Gasteiger partial charge >= 0.3 is 0 Å². The Morgan fingerprint density at radius 3 is 2.73 bits per heavy atom. The van der Waals surface area contributed by atoms with Gasteiger partial charge in [-0.15, -0.1) is 0 Å².